The van der Waals surface area contributed by atoms with Gasteiger partial charge in [0, 0.05) is 11.7 Å². The second kappa shape index (κ2) is 5.34. The lowest BCUT2D eigenvalue weighted by atomic mass is 10.2. The summed E-state index contributed by atoms with van der Waals surface area (Å²) in [5.74, 6) is -0.0764. The molecule has 2 rings (SSSR count). The number of nitrogens with zero attached hydrogens (tertiary/aromatic N) is 1. The summed E-state index contributed by atoms with van der Waals surface area (Å²) < 4.78 is 25.7. The van der Waals surface area contributed by atoms with Crippen molar-refractivity contribution in [2.45, 2.75) is 24.6 Å². The molecule has 1 atom stereocenters. The van der Waals surface area contributed by atoms with E-state index in [0.717, 1.165) is 5.56 Å². The van der Waals surface area contributed by atoms with Gasteiger partial charge in [0.25, 0.3) is 0 Å². The van der Waals surface area contributed by atoms with E-state index >= 15 is 0 Å². The van der Waals surface area contributed by atoms with E-state index in [1.165, 1.54) is 4.31 Å². The molecule has 1 aromatic rings. The molecule has 1 unspecified atom stereocenters. The largest absolute Gasteiger partial charge is 0.740 e. The predicted octanol–water partition coefficient (Wildman–Crippen LogP) is 1.05. The Morgan fingerprint density at radius 3 is 2.61 bits per heavy atom. The number of benzene rings is 1. The molecule has 1 fully saturated rings. The number of carbonyl (C=O) groups is 1. The van der Waals surface area contributed by atoms with Gasteiger partial charge in [0.15, 0.2) is 0 Å². The van der Waals surface area contributed by atoms with Crippen LogP contribution >= 0.6 is 0 Å². The number of rotatable bonds is 4. The number of sulfonamides is 1. The standard InChI is InChI=1S/C12H15NO3S2/c14-12(17)11-7-4-8-13(11)18(15,16)9-10-5-2-1-3-6-10/h1-3,5-6,11H,4,7-9H2,(H,14,17)/p-1. The summed E-state index contributed by atoms with van der Waals surface area (Å²) in [5, 5.41) is -0.482. The Balaban J connectivity index is 2.19. The quantitative estimate of drug-likeness (QED) is 0.776. The fourth-order valence-electron chi connectivity index (χ4n) is 2.18. The van der Waals surface area contributed by atoms with E-state index in [0.29, 0.717) is 19.4 Å². The fourth-order valence-corrected chi connectivity index (χ4v) is 4.26. The van der Waals surface area contributed by atoms with Gasteiger partial charge in [-0.1, -0.05) is 30.3 Å². The van der Waals surface area contributed by atoms with E-state index in [4.69, 9.17) is 0 Å². The minimum absolute atomic E-state index is 0.0764. The zero-order chi connectivity index (χ0) is 13.2. The van der Waals surface area contributed by atoms with Crippen LogP contribution in [-0.2, 0) is 33.2 Å². The second-order valence-corrected chi connectivity index (χ2v) is 6.65. The summed E-state index contributed by atoms with van der Waals surface area (Å²) in [6.07, 6.45) is 1.23. The molecule has 1 aromatic carbocycles. The van der Waals surface area contributed by atoms with Gasteiger partial charge < -0.3 is 17.4 Å². The molecule has 0 amide bonds. The van der Waals surface area contributed by atoms with E-state index < -0.39 is 21.2 Å². The van der Waals surface area contributed by atoms with Crippen molar-refractivity contribution < 1.29 is 13.2 Å². The van der Waals surface area contributed by atoms with Crippen molar-refractivity contribution in [2.24, 2.45) is 0 Å². The van der Waals surface area contributed by atoms with Crippen molar-refractivity contribution in [1.82, 2.24) is 4.31 Å². The first kappa shape index (κ1) is 13.5. The monoisotopic (exact) mass is 284 g/mol. The van der Waals surface area contributed by atoms with Crippen molar-refractivity contribution in [3.63, 3.8) is 0 Å². The maximum absolute atomic E-state index is 12.2. The lowest BCUT2D eigenvalue weighted by Crippen LogP contribution is -2.40. The molecule has 0 saturated carbocycles. The molecule has 1 aliphatic rings. The third-order valence-electron chi connectivity index (χ3n) is 3.02. The van der Waals surface area contributed by atoms with Crippen molar-refractivity contribution in [2.75, 3.05) is 6.54 Å². The molecule has 1 aliphatic heterocycles. The first-order valence-electron chi connectivity index (χ1n) is 5.75. The highest BCUT2D eigenvalue weighted by molar-refractivity contribution is 7.88. The van der Waals surface area contributed by atoms with Crippen molar-refractivity contribution >= 4 is 27.8 Å². The molecule has 6 heteroatoms. The van der Waals surface area contributed by atoms with E-state index in [1.807, 2.05) is 6.07 Å². The first-order valence-corrected chi connectivity index (χ1v) is 7.77. The molecule has 1 heterocycles. The summed E-state index contributed by atoms with van der Waals surface area (Å²) in [6.45, 7) is 0.391. The zero-order valence-corrected chi connectivity index (χ0v) is 11.4. The molecule has 0 N–H and O–H groups in total. The van der Waals surface area contributed by atoms with Gasteiger partial charge in [0.2, 0.25) is 10.0 Å². The summed E-state index contributed by atoms with van der Waals surface area (Å²) >= 11 is 4.60. The minimum Gasteiger partial charge on any atom is -0.740 e. The van der Waals surface area contributed by atoms with Gasteiger partial charge in [-0.25, -0.2) is 8.42 Å². The summed E-state index contributed by atoms with van der Waals surface area (Å²) in [4.78, 5) is 11.3. The zero-order valence-electron chi connectivity index (χ0n) is 9.78. The maximum Gasteiger partial charge on any atom is 0.218 e. The van der Waals surface area contributed by atoms with Crippen LogP contribution in [0.2, 0.25) is 0 Å². The Bertz CT molecular complexity index is 528. The molecule has 4 nitrogen and oxygen atoms in total. The van der Waals surface area contributed by atoms with E-state index in [2.05, 4.69) is 12.6 Å². The molecule has 0 bridgehead atoms. The smallest absolute Gasteiger partial charge is 0.218 e. The topological polar surface area (TPSA) is 54.5 Å². The summed E-state index contributed by atoms with van der Waals surface area (Å²) in [5.41, 5.74) is 0.722. The third kappa shape index (κ3) is 2.88. The molecule has 98 valence electrons. The molecule has 0 radical (unpaired) electrons. The second-order valence-electron chi connectivity index (χ2n) is 4.33. The van der Waals surface area contributed by atoms with Crippen molar-refractivity contribution in [1.29, 1.82) is 0 Å². The fraction of sp³-hybridized carbons (Fsp3) is 0.417. The minimum atomic E-state index is -3.46. The highest BCUT2D eigenvalue weighted by atomic mass is 32.2. The number of hydrogen-bond acceptors (Lipinski definition) is 4. The summed E-state index contributed by atoms with van der Waals surface area (Å²) in [7, 11) is -3.46. The highest BCUT2D eigenvalue weighted by Gasteiger charge is 2.34. The Morgan fingerprint density at radius 2 is 2.00 bits per heavy atom. The Labute approximate surface area is 112 Å². The average Bonchev–Trinajstić information content (AvgIpc) is 2.79. The maximum atomic E-state index is 12.2. The Hall–Kier alpha value is -0.980. The molecular weight excluding hydrogens is 270 g/mol. The van der Waals surface area contributed by atoms with Gasteiger partial charge in [-0.3, -0.25) is 0 Å². The molecular formula is C12H14NO3S2-. The molecule has 1 saturated heterocycles. The van der Waals surface area contributed by atoms with Crippen LogP contribution in [-0.4, -0.2) is 30.4 Å². The summed E-state index contributed by atoms with van der Waals surface area (Å²) in [6, 6.07) is 8.31. The van der Waals surface area contributed by atoms with Crippen LogP contribution in [0.25, 0.3) is 0 Å². The van der Waals surface area contributed by atoms with E-state index in [1.54, 1.807) is 24.3 Å². The Kier molecular flexibility index (Phi) is 3.99. The van der Waals surface area contributed by atoms with Crippen LogP contribution in [0.5, 0.6) is 0 Å². The first-order chi connectivity index (χ1) is 8.50. The van der Waals surface area contributed by atoms with Gasteiger partial charge in [0.05, 0.1) is 11.8 Å². The normalized spacial score (nSPS) is 21.0. The lowest BCUT2D eigenvalue weighted by molar-refractivity contribution is -0.113. The van der Waals surface area contributed by atoms with Crippen LogP contribution in [0, 0.1) is 0 Å². The molecule has 0 spiro atoms. The van der Waals surface area contributed by atoms with E-state index in [-0.39, 0.29) is 5.75 Å². The average molecular weight is 284 g/mol. The van der Waals surface area contributed by atoms with Crippen LogP contribution in [0.1, 0.15) is 18.4 Å². The van der Waals surface area contributed by atoms with Crippen LogP contribution < -0.4 is 0 Å². The van der Waals surface area contributed by atoms with Gasteiger partial charge in [-0.15, -0.1) is 0 Å². The predicted molar refractivity (Wildman–Crippen MR) is 71.2 cm³/mol. The molecule has 18 heavy (non-hydrogen) atoms. The van der Waals surface area contributed by atoms with Crippen molar-refractivity contribution in [3.05, 3.63) is 35.9 Å². The SMILES string of the molecule is O=C([S-])C1CCCN1S(=O)(=O)Cc1ccccc1. The van der Waals surface area contributed by atoms with Crippen LogP contribution in [0.15, 0.2) is 30.3 Å². The Morgan fingerprint density at radius 1 is 1.33 bits per heavy atom. The highest BCUT2D eigenvalue weighted by Crippen LogP contribution is 2.23. The van der Waals surface area contributed by atoms with Gasteiger partial charge in [-0.2, -0.15) is 4.31 Å². The van der Waals surface area contributed by atoms with E-state index in [9.17, 15) is 13.2 Å². The molecule has 0 aromatic heterocycles. The third-order valence-corrected chi connectivity index (χ3v) is 5.15. The van der Waals surface area contributed by atoms with Gasteiger partial charge in [-0.05, 0) is 18.4 Å². The van der Waals surface area contributed by atoms with Crippen molar-refractivity contribution in [3.8, 4) is 0 Å². The van der Waals surface area contributed by atoms with Gasteiger partial charge in [0.1, 0.15) is 0 Å². The van der Waals surface area contributed by atoms with Crippen LogP contribution in [0.3, 0.4) is 0 Å². The number of hydrogen-bond donors (Lipinski definition) is 0. The number of carbonyl (C=O) groups excluding carboxylic acids is 1. The lowest BCUT2D eigenvalue weighted by Gasteiger charge is -2.25. The van der Waals surface area contributed by atoms with Crippen LogP contribution in [0.4, 0.5) is 0 Å². The van der Waals surface area contributed by atoms with Gasteiger partial charge >= 0.3 is 0 Å². The molecule has 0 aliphatic carbocycles.